The summed E-state index contributed by atoms with van der Waals surface area (Å²) in [5, 5.41) is 3.53. The van der Waals surface area contributed by atoms with Gasteiger partial charge in [0.15, 0.2) is 0 Å². The van der Waals surface area contributed by atoms with Gasteiger partial charge in [-0.15, -0.1) is 0 Å². The maximum absolute atomic E-state index is 3.65. The van der Waals surface area contributed by atoms with Crippen molar-refractivity contribution in [2.75, 3.05) is 7.05 Å². The lowest BCUT2D eigenvalue weighted by molar-refractivity contribution is 0.515. The first kappa shape index (κ1) is 13.8. The molecule has 1 aliphatic carbocycles. The molecule has 1 fully saturated rings. The molecule has 104 valence electrons. The van der Waals surface area contributed by atoms with Crippen LogP contribution in [0.25, 0.3) is 0 Å². The van der Waals surface area contributed by atoms with E-state index in [0.29, 0.717) is 17.9 Å². The molecule has 2 aromatic carbocycles. The minimum atomic E-state index is 0.442. The van der Waals surface area contributed by atoms with Gasteiger partial charge in [0.05, 0.1) is 0 Å². The molecule has 1 N–H and O–H groups in total. The maximum atomic E-state index is 3.65. The molecule has 3 rings (SSSR count). The van der Waals surface area contributed by atoms with E-state index in [1.807, 2.05) is 0 Å². The number of hydrogen-bond donors (Lipinski definition) is 1. The summed E-state index contributed by atoms with van der Waals surface area (Å²) in [5.74, 6) is 1.41. The molecule has 0 aliphatic heterocycles. The van der Waals surface area contributed by atoms with E-state index in [0.717, 1.165) is 0 Å². The predicted octanol–water partition coefficient (Wildman–Crippen LogP) is 4.82. The lowest BCUT2D eigenvalue weighted by Crippen LogP contribution is -2.20. The Labute approximate surface area is 129 Å². The molecule has 1 nitrogen and oxygen atoms in total. The van der Waals surface area contributed by atoms with E-state index in [9.17, 15) is 0 Å². The van der Waals surface area contributed by atoms with Gasteiger partial charge in [-0.1, -0.05) is 58.4 Å². The minimum Gasteiger partial charge on any atom is -0.313 e. The molecule has 20 heavy (non-hydrogen) atoms. The third-order valence-electron chi connectivity index (χ3n) is 4.45. The van der Waals surface area contributed by atoms with Crippen molar-refractivity contribution in [3.05, 3.63) is 69.7 Å². The standard InChI is InChI=1S/C18H20BrN/c1-12-14(9-6-10-17(12)19)18(20-2)16-11-15(16)13-7-4-3-5-8-13/h3-10,15-16,18,20H,11H2,1-2H3. The normalized spacial score (nSPS) is 22.6. The Kier molecular flexibility index (Phi) is 3.95. The largest absolute Gasteiger partial charge is 0.313 e. The highest BCUT2D eigenvalue weighted by Gasteiger charge is 2.44. The van der Waals surface area contributed by atoms with Crippen molar-refractivity contribution >= 4 is 15.9 Å². The molecule has 1 aliphatic rings. The molecule has 3 unspecified atom stereocenters. The number of hydrogen-bond acceptors (Lipinski definition) is 1. The molecular formula is C18H20BrN. The van der Waals surface area contributed by atoms with Crippen LogP contribution in [0.5, 0.6) is 0 Å². The van der Waals surface area contributed by atoms with Crippen LogP contribution in [-0.2, 0) is 0 Å². The summed E-state index contributed by atoms with van der Waals surface area (Å²) < 4.78 is 1.20. The fourth-order valence-electron chi connectivity index (χ4n) is 3.23. The second kappa shape index (κ2) is 5.71. The van der Waals surface area contributed by atoms with Gasteiger partial charge in [0.2, 0.25) is 0 Å². The minimum absolute atomic E-state index is 0.442. The maximum Gasteiger partial charge on any atom is 0.0355 e. The van der Waals surface area contributed by atoms with Crippen LogP contribution in [0, 0.1) is 12.8 Å². The summed E-state index contributed by atoms with van der Waals surface area (Å²) in [4.78, 5) is 0. The van der Waals surface area contributed by atoms with Gasteiger partial charge in [-0.3, -0.25) is 0 Å². The van der Waals surface area contributed by atoms with Crippen LogP contribution in [0.3, 0.4) is 0 Å². The Morgan fingerprint density at radius 1 is 1.10 bits per heavy atom. The Hall–Kier alpha value is -1.12. The summed E-state index contributed by atoms with van der Waals surface area (Å²) in [6.07, 6.45) is 1.28. The second-order valence-corrected chi connectivity index (χ2v) is 6.49. The van der Waals surface area contributed by atoms with E-state index < -0.39 is 0 Å². The predicted molar refractivity (Wildman–Crippen MR) is 88.0 cm³/mol. The Balaban J connectivity index is 1.84. The summed E-state index contributed by atoms with van der Waals surface area (Å²) >= 11 is 3.65. The molecule has 3 atom stereocenters. The zero-order chi connectivity index (χ0) is 14.1. The van der Waals surface area contributed by atoms with E-state index in [1.165, 1.54) is 27.6 Å². The smallest absolute Gasteiger partial charge is 0.0355 e. The van der Waals surface area contributed by atoms with Crippen LogP contribution in [0.2, 0.25) is 0 Å². The highest BCUT2D eigenvalue weighted by Crippen LogP contribution is 2.54. The second-order valence-electron chi connectivity index (χ2n) is 5.64. The van der Waals surface area contributed by atoms with Crippen molar-refractivity contribution in [2.45, 2.75) is 25.3 Å². The Morgan fingerprint density at radius 3 is 2.55 bits per heavy atom. The number of nitrogens with one attached hydrogen (secondary N) is 1. The molecule has 0 aromatic heterocycles. The van der Waals surface area contributed by atoms with Crippen LogP contribution in [0.15, 0.2) is 53.0 Å². The molecule has 0 heterocycles. The molecule has 1 saturated carbocycles. The average molecular weight is 330 g/mol. The number of benzene rings is 2. The van der Waals surface area contributed by atoms with Gasteiger partial charge in [0.1, 0.15) is 0 Å². The van der Waals surface area contributed by atoms with Gasteiger partial charge in [-0.05, 0) is 55.0 Å². The van der Waals surface area contributed by atoms with Crippen molar-refractivity contribution in [3.8, 4) is 0 Å². The molecule has 2 heteroatoms. The van der Waals surface area contributed by atoms with Gasteiger partial charge < -0.3 is 5.32 Å². The van der Waals surface area contributed by atoms with Crippen LogP contribution in [0.1, 0.15) is 35.1 Å². The monoisotopic (exact) mass is 329 g/mol. The summed E-state index contributed by atoms with van der Waals surface area (Å²) in [7, 11) is 2.07. The molecule has 0 bridgehead atoms. The van der Waals surface area contributed by atoms with E-state index in [1.54, 1.807) is 0 Å². The van der Waals surface area contributed by atoms with Gasteiger partial charge >= 0.3 is 0 Å². The molecule has 0 saturated heterocycles. The van der Waals surface area contributed by atoms with Crippen molar-refractivity contribution in [2.24, 2.45) is 5.92 Å². The van der Waals surface area contributed by atoms with E-state index in [-0.39, 0.29) is 0 Å². The third kappa shape index (κ3) is 2.55. The summed E-state index contributed by atoms with van der Waals surface area (Å²) in [6.45, 7) is 2.20. The van der Waals surface area contributed by atoms with Crippen LogP contribution in [-0.4, -0.2) is 7.05 Å². The lowest BCUT2D eigenvalue weighted by Gasteiger charge is -2.20. The Bertz CT molecular complexity index is 594. The van der Waals surface area contributed by atoms with Crippen LogP contribution >= 0.6 is 15.9 Å². The van der Waals surface area contributed by atoms with Crippen molar-refractivity contribution in [1.29, 1.82) is 0 Å². The zero-order valence-electron chi connectivity index (χ0n) is 11.9. The average Bonchev–Trinajstić information content (AvgIpc) is 3.26. The lowest BCUT2D eigenvalue weighted by atomic mass is 9.95. The van der Waals surface area contributed by atoms with Gasteiger partial charge in [-0.25, -0.2) is 0 Å². The number of rotatable bonds is 4. The van der Waals surface area contributed by atoms with E-state index in [4.69, 9.17) is 0 Å². The molecular weight excluding hydrogens is 310 g/mol. The van der Waals surface area contributed by atoms with Crippen molar-refractivity contribution < 1.29 is 0 Å². The van der Waals surface area contributed by atoms with Gasteiger partial charge in [0.25, 0.3) is 0 Å². The molecule has 2 aromatic rings. The SMILES string of the molecule is CNC(c1cccc(Br)c1C)C1CC1c1ccccc1. The fraction of sp³-hybridized carbons (Fsp3) is 0.333. The summed E-state index contributed by atoms with van der Waals surface area (Å²) in [6, 6.07) is 17.8. The third-order valence-corrected chi connectivity index (χ3v) is 5.31. The zero-order valence-corrected chi connectivity index (χ0v) is 13.5. The van der Waals surface area contributed by atoms with Crippen molar-refractivity contribution in [3.63, 3.8) is 0 Å². The van der Waals surface area contributed by atoms with Crippen LogP contribution < -0.4 is 5.32 Å². The first-order chi connectivity index (χ1) is 9.72. The van der Waals surface area contributed by atoms with Crippen molar-refractivity contribution in [1.82, 2.24) is 5.32 Å². The molecule has 0 spiro atoms. The summed E-state index contributed by atoms with van der Waals surface area (Å²) in [5.41, 5.74) is 4.25. The van der Waals surface area contributed by atoms with E-state index >= 15 is 0 Å². The van der Waals surface area contributed by atoms with Crippen LogP contribution in [0.4, 0.5) is 0 Å². The highest BCUT2D eigenvalue weighted by molar-refractivity contribution is 9.10. The number of halogens is 1. The quantitative estimate of drug-likeness (QED) is 0.847. The molecule has 0 amide bonds. The first-order valence-electron chi connectivity index (χ1n) is 7.19. The first-order valence-corrected chi connectivity index (χ1v) is 7.99. The highest BCUT2D eigenvalue weighted by atomic mass is 79.9. The fourth-order valence-corrected chi connectivity index (χ4v) is 3.61. The Morgan fingerprint density at radius 2 is 1.85 bits per heavy atom. The topological polar surface area (TPSA) is 12.0 Å². The van der Waals surface area contributed by atoms with Gasteiger partial charge in [-0.2, -0.15) is 0 Å². The van der Waals surface area contributed by atoms with Gasteiger partial charge in [0, 0.05) is 10.5 Å². The molecule has 0 radical (unpaired) electrons. The van der Waals surface area contributed by atoms with E-state index in [2.05, 4.69) is 83.7 Å².